The molecule has 2 aromatic heterocycles. The number of sulfonamides is 1. The van der Waals surface area contributed by atoms with E-state index in [1.807, 2.05) is 19.1 Å². The lowest BCUT2D eigenvalue weighted by Gasteiger charge is -2.30. The number of nitrogens with zero attached hydrogens (tertiary/aromatic N) is 4. The third-order valence-electron chi connectivity index (χ3n) is 10.1. The SMILES string of the molecule is CCOc1cc(OC2C[C@H]3C(=O)N[C@]4(C(=O)NS(=O)(=O)C5CC5)C[C@H]4/C=C\CC[C@@H]4CC4[C@H](NC(=O)c4ccn(C)n4)C(=O)N3C2)ccn1. The summed E-state index contributed by atoms with van der Waals surface area (Å²) >= 11 is 0. The number of ether oxygens (including phenoxy) is 2. The Kier molecular flexibility index (Phi) is 8.61. The average Bonchev–Trinajstić information content (AvgIpc) is 4.01. The molecule has 2 aromatic rings. The number of rotatable bonds is 9. The quantitative estimate of drug-likeness (QED) is 0.317. The normalized spacial score (nSPS) is 31.6. The van der Waals surface area contributed by atoms with Crippen molar-refractivity contribution in [1.82, 2.24) is 35.0 Å². The van der Waals surface area contributed by atoms with E-state index in [-0.39, 0.29) is 36.9 Å². The van der Waals surface area contributed by atoms with Gasteiger partial charge in [-0.25, -0.2) is 13.4 Å². The van der Waals surface area contributed by atoms with Crippen molar-refractivity contribution in [3.8, 4) is 11.6 Å². The molecule has 3 saturated carbocycles. The van der Waals surface area contributed by atoms with Gasteiger partial charge in [-0.2, -0.15) is 5.10 Å². The molecule has 0 spiro atoms. The number of nitrogens with one attached hydrogen (secondary N) is 3. The molecule has 0 bridgehead atoms. The Hall–Kier alpha value is -4.47. The third-order valence-corrected chi connectivity index (χ3v) is 11.9. The molecular formula is C33H41N7O8S. The number of amides is 4. The molecule has 7 atom stereocenters. The first kappa shape index (κ1) is 33.0. The number of carbonyl (C=O) groups is 4. The number of aryl methyl sites for hydroxylation is 1. The predicted octanol–water partition coefficient (Wildman–Crippen LogP) is 0.830. The molecule has 0 aromatic carbocycles. The van der Waals surface area contributed by atoms with Crippen molar-refractivity contribution in [2.24, 2.45) is 24.8 Å². The molecule has 1 saturated heterocycles. The molecular weight excluding hydrogens is 654 g/mol. The van der Waals surface area contributed by atoms with Crippen LogP contribution in [0.2, 0.25) is 0 Å². The minimum atomic E-state index is -3.87. The summed E-state index contributed by atoms with van der Waals surface area (Å²) in [5, 5.41) is 9.36. The average molecular weight is 696 g/mol. The summed E-state index contributed by atoms with van der Waals surface area (Å²) in [4.78, 5) is 61.2. The Balaban J connectivity index is 1.18. The molecule has 4 heterocycles. The van der Waals surface area contributed by atoms with Crippen molar-refractivity contribution >= 4 is 33.7 Å². The molecule has 5 aliphatic rings. The van der Waals surface area contributed by atoms with Crippen LogP contribution in [-0.4, -0.2) is 93.8 Å². The monoisotopic (exact) mass is 695 g/mol. The number of pyridine rings is 1. The highest BCUT2D eigenvalue weighted by atomic mass is 32.2. The standard InChI is InChI=1S/C33H41N7O8S/c1-3-47-27-16-21(10-12-34-27)48-22-15-26-30(42)36-33(32(44)38-49(45,46)23-8-9-23)17-20(33)7-5-4-6-19-14-24(19)28(31(43)40(26)18-22)35-29(41)25-11-13-39(2)37-25/h5,7,10-13,16,19-20,22-24,26,28H,3-4,6,8-9,14-15,17-18H2,1-2H3,(H,35,41)(H,36,42)(H,38,44)/b7-5-/t19-,20-,22?,24?,26+,28+,33-/m1/s1. The van der Waals surface area contributed by atoms with E-state index in [0.29, 0.717) is 37.5 Å². The Morgan fingerprint density at radius 2 is 1.98 bits per heavy atom. The summed E-state index contributed by atoms with van der Waals surface area (Å²) < 4.78 is 41.0. The zero-order valence-electron chi connectivity index (χ0n) is 27.4. The van der Waals surface area contributed by atoms with Crippen LogP contribution in [0.1, 0.15) is 62.4 Å². The first-order valence-electron chi connectivity index (χ1n) is 16.9. The molecule has 15 nitrogen and oxygen atoms in total. The van der Waals surface area contributed by atoms with Crippen molar-refractivity contribution in [3.63, 3.8) is 0 Å². The lowest BCUT2D eigenvalue weighted by molar-refractivity contribution is -0.141. The third kappa shape index (κ3) is 6.87. The van der Waals surface area contributed by atoms with Crippen molar-refractivity contribution in [1.29, 1.82) is 0 Å². The van der Waals surface area contributed by atoms with E-state index < -0.39 is 68.5 Å². The maximum absolute atomic E-state index is 14.5. The van der Waals surface area contributed by atoms with Crippen molar-refractivity contribution in [2.75, 3.05) is 13.2 Å². The zero-order valence-corrected chi connectivity index (χ0v) is 28.2. The minimum Gasteiger partial charge on any atom is -0.488 e. The fraction of sp³-hybridized carbons (Fsp3) is 0.576. The summed E-state index contributed by atoms with van der Waals surface area (Å²) in [6.07, 6.45) is 9.82. The number of hydrogen-bond acceptors (Lipinski definition) is 10. The van der Waals surface area contributed by atoms with Crippen LogP contribution in [0.15, 0.2) is 42.7 Å². The van der Waals surface area contributed by atoms with E-state index in [2.05, 4.69) is 25.4 Å². The lowest BCUT2D eigenvalue weighted by Crippen LogP contribution is -2.58. The number of allylic oxidation sites excluding steroid dienone is 1. The summed E-state index contributed by atoms with van der Waals surface area (Å²) in [5.74, 6) is -1.86. The van der Waals surface area contributed by atoms with Crippen LogP contribution in [0.3, 0.4) is 0 Å². The summed E-state index contributed by atoms with van der Waals surface area (Å²) in [7, 11) is -2.17. The minimum absolute atomic E-state index is 0.0368. The van der Waals surface area contributed by atoms with E-state index in [1.54, 1.807) is 37.6 Å². The van der Waals surface area contributed by atoms with Gasteiger partial charge >= 0.3 is 0 Å². The highest BCUT2D eigenvalue weighted by Gasteiger charge is 2.62. The predicted molar refractivity (Wildman–Crippen MR) is 173 cm³/mol. The van der Waals surface area contributed by atoms with Crippen LogP contribution in [0.25, 0.3) is 0 Å². The highest BCUT2D eigenvalue weighted by Crippen LogP contribution is 2.48. The van der Waals surface area contributed by atoms with E-state index in [0.717, 1.165) is 12.8 Å². The van der Waals surface area contributed by atoms with Crippen LogP contribution in [0.4, 0.5) is 0 Å². The Morgan fingerprint density at radius 1 is 1.16 bits per heavy atom. The number of aromatic nitrogens is 3. The van der Waals surface area contributed by atoms with Crippen LogP contribution >= 0.6 is 0 Å². The molecule has 2 aliphatic heterocycles. The Morgan fingerprint density at radius 3 is 2.71 bits per heavy atom. The Labute approximate surface area is 284 Å². The van der Waals surface area contributed by atoms with Gasteiger partial charge in [0, 0.05) is 37.8 Å². The molecule has 49 heavy (non-hydrogen) atoms. The van der Waals surface area contributed by atoms with E-state index in [4.69, 9.17) is 9.47 Å². The molecule has 0 radical (unpaired) electrons. The molecule has 2 unspecified atom stereocenters. The zero-order chi connectivity index (χ0) is 34.5. The number of carbonyl (C=O) groups excluding carboxylic acids is 4. The molecule has 4 fully saturated rings. The Bertz CT molecular complexity index is 1790. The van der Waals surface area contributed by atoms with Gasteiger partial charge in [-0.05, 0) is 69.4 Å². The first-order chi connectivity index (χ1) is 23.5. The number of fused-ring (bicyclic) bond motifs is 3. The summed E-state index contributed by atoms with van der Waals surface area (Å²) in [5.41, 5.74) is -1.30. The second kappa shape index (κ2) is 12.8. The summed E-state index contributed by atoms with van der Waals surface area (Å²) in [6.45, 7) is 2.28. The first-order valence-corrected chi connectivity index (χ1v) is 18.4. The van der Waals surface area contributed by atoms with Gasteiger partial charge in [-0.1, -0.05) is 12.2 Å². The van der Waals surface area contributed by atoms with Gasteiger partial charge in [0.1, 0.15) is 35.2 Å². The van der Waals surface area contributed by atoms with Gasteiger partial charge in [0.15, 0.2) is 0 Å². The van der Waals surface area contributed by atoms with Gasteiger partial charge in [0.2, 0.25) is 27.7 Å². The number of hydrogen-bond donors (Lipinski definition) is 3. The molecule has 3 aliphatic carbocycles. The van der Waals surface area contributed by atoms with Crippen LogP contribution in [0, 0.1) is 17.8 Å². The van der Waals surface area contributed by atoms with Crippen LogP contribution in [0.5, 0.6) is 11.6 Å². The van der Waals surface area contributed by atoms with Gasteiger partial charge in [-0.15, -0.1) is 0 Å². The van der Waals surface area contributed by atoms with Gasteiger partial charge < -0.3 is 25.0 Å². The molecule has 4 amide bonds. The molecule has 3 N–H and O–H groups in total. The fourth-order valence-electron chi connectivity index (χ4n) is 7.09. The van der Waals surface area contributed by atoms with Crippen molar-refractivity contribution < 1.29 is 37.1 Å². The van der Waals surface area contributed by atoms with Crippen molar-refractivity contribution in [2.45, 2.75) is 80.8 Å². The second-order valence-electron chi connectivity index (χ2n) is 13.7. The van der Waals surface area contributed by atoms with Crippen molar-refractivity contribution in [3.05, 3.63) is 48.4 Å². The van der Waals surface area contributed by atoms with E-state index in [9.17, 15) is 27.6 Å². The molecule has 16 heteroatoms. The largest absolute Gasteiger partial charge is 0.488 e. The molecule has 262 valence electrons. The van der Waals surface area contributed by atoms with E-state index >= 15 is 0 Å². The highest BCUT2D eigenvalue weighted by molar-refractivity contribution is 7.91. The van der Waals surface area contributed by atoms with Gasteiger partial charge in [0.05, 0.1) is 18.4 Å². The summed E-state index contributed by atoms with van der Waals surface area (Å²) in [6, 6.07) is 2.88. The molecule has 7 rings (SSSR count). The maximum atomic E-state index is 14.5. The lowest BCUT2D eigenvalue weighted by atomic mass is 10.0. The second-order valence-corrected chi connectivity index (χ2v) is 15.6. The van der Waals surface area contributed by atoms with E-state index in [1.165, 1.54) is 9.58 Å². The van der Waals surface area contributed by atoms with Gasteiger partial charge in [-0.3, -0.25) is 28.6 Å². The maximum Gasteiger partial charge on any atom is 0.272 e. The topological polar surface area (TPSA) is 191 Å². The smallest absolute Gasteiger partial charge is 0.272 e. The van der Waals surface area contributed by atoms with Gasteiger partial charge in [0.25, 0.3) is 11.8 Å². The van der Waals surface area contributed by atoms with Crippen LogP contribution in [-0.2, 0) is 31.5 Å². The van der Waals surface area contributed by atoms with Crippen LogP contribution < -0.4 is 24.8 Å². The fourth-order valence-corrected chi connectivity index (χ4v) is 8.45.